The molecular formula is C24H29NO. The minimum absolute atomic E-state index is 0.175. The van der Waals surface area contributed by atoms with Gasteiger partial charge in [-0.25, -0.2) is 0 Å². The van der Waals surface area contributed by atoms with Crippen LogP contribution in [0.2, 0.25) is 0 Å². The summed E-state index contributed by atoms with van der Waals surface area (Å²) in [6.07, 6.45) is 10.7. The van der Waals surface area contributed by atoms with E-state index >= 15 is 0 Å². The van der Waals surface area contributed by atoms with E-state index in [0.29, 0.717) is 12.1 Å². The average Bonchev–Trinajstić information content (AvgIpc) is 3.17. The number of rotatable bonds is 0. The third kappa shape index (κ3) is 2.31. The molecule has 0 radical (unpaired) electrons. The number of benzene rings is 2. The van der Waals surface area contributed by atoms with Gasteiger partial charge in [0.2, 0.25) is 0 Å². The Labute approximate surface area is 156 Å². The molecule has 0 amide bonds. The summed E-state index contributed by atoms with van der Waals surface area (Å²) in [6.45, 7) is 1.19. The van der Waals surface area contributed by atoms with Crippen LogP contribution in [0, 0.1) is 5.92 Å². The molecule has 4 aliphatic rings. The van der Waals surface area contributed by atoms with Gasteiger partial charge in [-0.2, -0.15) is 0 Å². The third-order valence-corrected chi connectivity index (χ3v) is 7.91. The van der Waals surface area contributed by atoms with Gasteiger partial charge in [0.1, 0.15) is 0 Å². The summed E-state index contributed by atoms with van der Waals surface area (Å²) in [5.41, 5.74) is 3.48. The first-order valence-corrected chi connectivity index (χ1v) is 10.7. The number of piperidine rings is 1. The highest BCUT2D eigenvalue weighted by atomic mass is 16.5. The van der Waals surface area contributed by atoms with Gasteiger partial charge in [-0.1, -0.05) is 36.4 Å². The van der Waals surface area contributed by atoms with Gasteiger partial charge in [0.05, 0.1) is 11.7 Å². The van der Waals surface area contributed by atoms with Crippen LogP contribution < -0.4 is 5.32 Å². The van der Waals surface area contributed by atoms with E-state index in [1.54, 1.807) is 11.1 Å². The van der Waals surface area contributed by atoms with Gasteiger partial charge in [0, 0.05) is 6.04 Å². The van der Waals surface area contributed by atoms with Gasteiger partial charge >= 0.3 is 0 Å². The van der Waals surface area contributed by atoms with Crippen molar-refractivity contribution in [3.63, 3.8) is 0 Å². The third-order valence-electron chi connectivity index (χ3n) is 7.91. The molecule has 2 aromatic carbocycles. The van der Waals surface area contributed by atoms with E-state index in [0.717, 1.165) is 11.8 Å². The summed E-state index contributed by atoms with van der Waals surface area (Å²) in [5, 5.41) is 6.64. The molecule has 2 heteroatoms. The van der Waals surface area contributed by atoms with Crippen LogP contribution >= 0.6 is 0 Å². The Morgan fingerprint density at radius 2 is 1.92 bits per heavy atom. The summed E-state index contributed by atoms with van der Waals surface area (Å²) in [6, 6.07) is 14.4. The number of fused-ring (bicyclic) bond motifs is 6. The molecule has 6 rings (SSSR count). The minimum atomic E-state index is 0.175. The Morgan fingerprint density at radius 1 is 1.00 bits per heavy atom. The Balaban J connectivity index is 1.29. The van der Waals surface area contributed by atoms with Crippen molar-refractivity contribution in [1.29, 1.82) is 0 Å². The van der Waals surface area contributed by atoms with Gasteiger partial charge in [-0.05, 0) is 91.6 Å². The molecule has 2 aliphatic carbocycles. The second-order valence-electron chi connectivity index (χ2n) is 9.25. The van der Waals surface area contributed by atoms with Crippen molar-refractivity contribution in [3.05, 3.63) is 47.5 Å². The first kappa shape index (κ1) is 15.7. The molecule has 2 aromatic rings. The molecule has 5 atom stereocenters. The summed E-state index contributed by atoms with van der Waals surface area (Å²) in [4.78, 5) is 0. The first-order valence-electron chi connectivity index (χ1n) is 10.7. The Kier molecular flexibility index (Phi) is 3.50. The van der Waals surface area contributed by atoms with Crippen LogP contribution in [0.4, 0.5) is 0 Å². The highest BCUT2D eigenvalue weighted by molar-refractivity contribution is 5.87. The highest BCUT2D eigenvalue weighted by Gasteiger charge is 2.49. The second kappa shape index (κ2) is 5.81. The fraction of sp³-hybridized carbons (Fsp3) is 0.583. The monoisotopic (exact) mass is 347 g/mol. The van der Waals surface area contributed by atoms with Crippen LogP contribution in [0.3, 0.4) is 0 Å². The molecule has 1 spiro atoms. The predicted octanol–water partition coefficient (Wildman–Crippen LogP) is 4.95. The zero-order chi connectivity index (χ0) is 17.1. The zero-order valence-electron chi connectivity index (χ0n) is 15.5. The van der Waals surface area contributed by atoms with E-state index in [1.165, 1.54) is 68.7 Å². The molecular weight excluding hydrogens is 318 g/mol. The molecule has 1 saturated carbocycles. The van der Waals surface area contributed by atoms with Crippen molar-refractivity contribution in [2.75, 3.05) is 6.54 Å². The first-order chi connectivity index (χ1) is 12.8. The van der Waals surface area contributed by atoms with E-state index in [9.17, 15) is 0 Å². The molecule has 0 bridgehead atoms. The summed E-state index contributed by atoms with van der Waals surface area (Å²) in [5.74, 6) is 1.59. The zero-order valence-corrected chi connectivity index (χ0v) is 15.5. The Bertz CT molecular complexity index is 829. The maximum absolute atomic E-state index is 6.73. The van der Waals surface area contributed by atoms with Crippen molar-refractivity contribution in [1.82, 2.24) is 5.32 Å². The molecule has 0 aromatic heterocycles. The van der Waals surface area contributed by atoms with E-state index < -0.39 is 0 Å². The normalized spacial score (nSPS) is 38.8. The van der Waals surface area contributed by atoms with Crippen molar-refractivity contribution in [2.45, 2.75) is 75.0 Å². The number of hydrogen-bond donors (Lipinski definition) is 1. The minimum Gasteiger partial charge on any atom is -0.370 e. The van der Waals surface area contributed by atoms with Crippen molar-refractivity contribution in [2.24, 2.45) is 5.92 Å². The molecule has 2 saturated heterocycles. The van der Waals surface area contributed by atoms with Crippen LogP contribution in [0.25, 0.3) is 10.8 Å². The predicted molar refractivity (Wildman–Crippen MR) is 106 cm³/mol. The van der Waals surface area contributed by atoms with Crippen LogP contribution in [-0.2, 0) is 11.2 Å². The molecule has 2 heterocycles. The van der Waals surface area contributed by atoms with Crippen LogP contribution in [-0.4, -0.2) is 24.3 Å². The SMILES string of the molecule is c1ccc2c3c(ccc2c1)C1CC[C@]2(CCC1C3)CC1NCCCC1O2. The molecule has 2 nitrogen and oxygen atoms in total. The van der Waals surface area contributed by atoms with Crippen LogP contribution in [0.15, 0.2) is 36.4 Å². The second-order valence-corrected chi connectivity index (χ2v) is 9.25. The van der Waals surface area contributed by atoms with Crippen LogP contribution in [0.5, 0.6) is 0 Å². The Hall–Kier alpha value is -1.38. The fourth-order valence-electron chi connectivity index (χ4n) is 6.63. The smallest absolute Gasteiger partial charge is 0.0737 e. The van der Waals surface area contributed by atoms with Crippen LogP contribution in [0.1, 0.15) is 62.0 Å². The summed E-state index contributed by atoms with van der Waals surface area (Å²) >= 11 is 0. The molecule has 2 aliphatic heterocycles. The van der Waals surface area contributed by atoms with Crippen molar-refractivity contribution < 1.29 is 4.74 Å². The molecule has 3 fully saturated rings. The van der Waals surface area contributed by atoms with Gasteiger partial charge in [0.25, 0.3) is 0 Å². The number of nitrogens with one attached hydrogen (secondary N) is 1. The summed E-state index contributed by atoms with van der Waals surface area (Å²) < 4.78 is 6.73. The largest absolute Gasteiger partial charge is 0.370 e. The van der Waals surface area contributed by atoms with Gasteiger partial charge < -0.3 is 10.1 Å². The lowest BCUT2D eigenvalue weighted by molar-refractivity contribution is -0.0588. The maximum Gasteiger partial charge on any atom is 0.0737 e. The molecule has 136 valence electrons. The van der Waals surface area contributed by atoms with E-state index in [4.69, 9.17) is 4.74 Å². The maximum atomic E-state index is 6.73. The van der Waals surface area contributed by atoms with Crippen molar-refractivity contribution >= 4 is 10.8 Å². The fourth-order valence-corrected chi connectivity index (χ4v) is 6.63. The molecule has 1 N–H and O–H groups in total. The quantitative estimate of drug-likeness (QED) is 0.728. The lowest BCUT2D eigenvalue weighted by Crippen LogP contribution is -2.41. The number of hydrogen-bond acceptors (Lipinski definition) is 2. The average molecular weight is 348 g/mol. The summed E-state index contributed by atoms with van der Waals surface area (Å²) in [7, 11) is 0. The lowest BCUT2D eigenvalue weighted by Gasteiger charge is -2.28. The van der Waals surface area contributed by atoms with Gasteiger partial charge in [-0.3, -0.25) is 0 Å². The van der Waals surface area contributed by atoms with Crippen molar-refractivity contribution in [3.8, 4) is 0 Å². The van der Waals surface area contributed by atoms with E-state index in [1.807, 2.05) is 0 Å². The van der Waals surface area contributed by atoms with Gasteiger partial charge in [-0.15, -0.1) is 0 Å². The standard InChI is InChI=1S/C24H29NO/c1-2-5-18-16(4-1)7-8-20-19-10-12-24(11-9-17(19)14-21(18)20)15-22-23(26-24)6-3-13-25-22/h1-2,4-5,7-8,17,19,22-23,25H,3,6,9-15H2/t17?,19?,22?,23?,24-/m1/s1. The topological polar surface area (TPSA) is 21.3 Å². The molecule has 26 heavy (non-hydrogen) atoms. The number of ether oxygens (including phenoxy) is 1. The van der Waals surface area contributed by atoms with E-state index in [-0.39, 0.29) is 5.60 Å². The Morgan fingerprint density at radius 3 is 2.88 bits per heavy atom. The lowest BCUT2D eigenvalue weighted by atomic mass is 9.86. The van der Waals surface area contributed by atoms with E-state index in [2.05, 4.69) is 41.7 Å². The highest BCUT2D eigenvalue weighted by Crippen LogP contribution is 2.52. The van der Waals surface area contributed by atoms with Gasteiger partial charge in [0.15, 0.2) is 0 Å². The molecule has 4 unspecified atom stereocenters.